The summed E-state index contributed by atoms with van der Waals surface area (Å²) in [5.74, 6) is 0.650. The summed E-state index contributed by atoms with van der Waals surface area (Å²) in [6.45, 7) is 7.80. The van der Waals surface area contributed by atoms with E-state index >= 15 is 0 Å². The minimum absolute atomic E-state index is 0.0339. The number of aromatic nitrogens is 2. The Bertz CT molecular complexity index is 585. The van der Waals surface area contributed by atoms with Gasteiger partial charge in [0, 0.05) is 12.7 Å². The van der Waals surface area contributed by atoms with Crippen LogP contribution in [0.25, 0.3) is 0 Å². The number of aryl methyl sites for hydroxylation is 2. The van der Waals surface area contributed by atoms with Crippen LogP contribution >= 0.6 is 0 Å². The average molecular weight is 284 g/mol. The summed E-state index contributed by atoms with van der Waals surface area (Å²) in [6, 6.07) is 1.98. The zero-order chi connectivity index (χ0) is 14.7. The van der Waals surface area contributed by atoms with Gasteiger partial charge in [-0.25, -0.2) is 13.4 Å². The lowest BCUT2D eigenvalue weighted by atomic mass is 10.0. The van der Waals surface area contributed by atoms with Crippen LogP contribution in [0.5, 0.6) is 0 Å². The molecule has 19 heavy (non-hydrogen) atoms. The summed E-state index contributed by atoms with van der Waals surface area (Å²) in [4.78, 5) is 4.06. The smallest absolute Gasteiger partial charge is 0.260 e. The van der Waals surface area contributed by atoms with Crippen molar-refractivity contribution in [2.24, 2.45) is 0 Å². The monoisotopic (exact) mass is 284 g/mol. The number of nitrogens with zero attached hydrogens (tertiary/aromatic N) is 3. The minimum Gasteiger partial charge on any atom is -0.334 e. The fourth-order valence-corrected chi connectivity index (χ4v) is 3.00. The third kappa shape index (κ3) is 3.55. The van der Waals surface area contributed by atoms with E-state index in [4.69, 9.17) is 5.26 Å². The topological polar surface area (TPSA) is 87.8 Å². The molecule has 0 radical (unpaired) electrons. The molecule has 0 amide bonds. The van der Waals surface area contributed by atoms with Crippen molar-refractivity contribution in [3.05, 3.63) is 12.0 Å². The lowest BCUT2D eigenvalue weighted by Gasteiger charge is -2.19. The molecule has 0 saturated carbocycles. The summed E-state index contributed by atoms with van der Waals surface area (Å²) in [6.07, 6.45) is 2.79. The number of imidazole rings is 1. The van der Waals surface area contributed by atoms with Crippen LogP contribution in [0.1, 0.15) is 39.4 Å². The van der Waals surface area contributed by atoms with Crippen molar-refractivity contribution in [1.82, 2.24) is 14.3 Å². The normalized spacial score (nSPS) is 14.9. The van der Waals surface area contributed by atoms with Crippen LogP contribution in [0.3, 0.4) is 0 Å². The molecule has 1 heterocycles. The maximum atomic E-state index is 12.2. The standard InChI is InChI=1S/C12H20N4O2S/c1-5-7-16-8-11(14-10(16)3)19(17,18)15-12(4,6-2)9-13/h8,15H,5-7H2,1-4H3. The van der Waals surface area contributed by atoms with Gasteiger partial charge in [-0.05, 0) is 26.7 Å². The first-order chi connectivity index (χ1) is 8.78. The molecule has 1 N–H and O–H groups in total. The maximum Gasteiger partial charge on any atom is 0.260 e. The molecule has 7 heteroatoms. The Kier molecular flexibility index (Phi) is 4.71. The summed E-state index contributed by atoms with van der Waals surface area (Å²) < 4.78 is 28.6. The van der Waals surface area contributed by atoms with E-state index in [0.717, 1.165) is 13.0 Å². The molecule has 0 bridgehead atoms. The number of rotatable bonds is 6. The van der Waals surface area contributed by atoms with Gasteiger partial charge in [-0.2, -0.15) is 9.98 Å². The largest absolute Gasteiger partial charge is 0.334 e. The highest BCUT2D eigenvalue weighted by molar-refractivity contribution is 7.89. The van der Waals surface area contributed by atoms with E-state index in [0.29, 0.717) is 12.2 Å². The van der Waals surface area contributed by atoms with Crippen LogP contribution in [0.15, 0.2) is 11.2 Å². The first kappa shape index (κ1) is 15.7. The molecule has 0 aliphatic rings. The SMILES string of the molecule is CCCn1cc(S(=O)(=O)NC(C)(C#N)CC)nc1C. The molecule has 0 spiro atoms. The highest BCUT2D eigenvalue weighted by Crippen LogP contribution is 2.15. The molecule has 0 aliphatic carbocycles. The predicted molar refractivity (Wildman–Crippen MR) is 71.9 cm³/mol. The quantitative estimate of drug-likeness (QED) is 0.859. The Morgan fingerprint density at radius 2 is 2.16 bits per heavy atom. The molecule has 1 unspecified atom stereocenters. The molecule has 1 aromatic heterocycles. The third-order valence-electron chi connectivity index (χ3n) is 3.01. The Balaban J connectivity index is 3.08. The van der Waals surface area contributed by atoms with Crippen molar-refractivity contribution in [2.75, 3.05) is 0 Å². The molecule has 1 aromatic rings. The van der Waals surface area contributed by atoms with Crippen LogP contribution < -0.4 is 4.72 Å². The maximum absolute atomic E-state index is 12.2. The molecule has 0 saturated heterocycles. The van der Waals surface area contributed by atoms with Crippen molar-refractivity contribution < 1.29 is 8.42 Å². The first-order valence-corrected chi connectivity index (χ1v) is 7.75. The molecular formula is C12H20N4O2S. The van der Waals surface area contributed by atoms with Gasteiger partial charge in [0.2, 0.25) is 0 Å². The van der Waals surface area contributed by atoms with Crippen molar-refractivity contribution in [3.8, 4) is 6.07 Å². The van der Waals surface area contributed by atoms with Gasteiger partial charge in [-0.3, -0.25) is 0 Å². The van der Waals surface area contributed by atoms with E-state index in [1.807, 2.05) is 13.0 Å². The van der Waals surface area contributed by atoms with Crippen LogP contribution in [0, 0.1) is 18.3 Å². The van der Waals surface area contributed by atoms with Gasteiger partial charge < -0.3 is 4.57 Å². The number of nitrogens with one attached hydrogen (secondary N) is 1. The van der Waals surface area contributed by atoms with Gasteiger partial charge in [0.1, 0.15) is 11.4 Å². The highest BCUT2D eigenvalue weighted by atomic mass is 32.2. The van der Waals surface area contributed by atoms with E-state index in [9.17, 15) is 8.42 Å². The molecule has 0 aromatic carbocycles. The second-order valence-corrected chi connectivity index (χ2v) is 6.35. The van der Waals surface area contributed by atoms with E-state index in [-0.39, 0.29) is 5.03 Å². The first-order valence-electron chi connectivity index (χ1n) is 6.27. The Labute approximate surface area is 114 Å². The van der Waals surface area contributed by atoms with Crippen molar-refractivity contribution in [1.29, 1.82) is 5.26 Å². The van der Waals surface area contributed by atoms with Gasteiger partial charge in [-0.15, -0.1) is 0 Å². The van der Waals surface area contributed by atoms with E-state index < -0.39 is 15.6 Å². The molecule has 0 aliphatic heterocycles. The van der Waals surface area contributed by atoms with Gasteiger partial charge in [0.25, 0.3) is 10.0 Å². The molecule has 106 valence electrons. The van der Waals surface area contributed by atoms with Gasteiger partial charge in [-0.1, -0.05) is 13.8 Å². The highest BCUT2D eigenvalue weighted by Gasteiger charge is 2.30. The lowest BCUT2D eigenvalue weighted by Crippen LogP contribution is -2.44. The number of hydrogen-bond acceptors (Lipinski definition) is 4. The van der Waals surface area contributed by atoms with Crippen molar-refractivity contribution in [3.63, 3.8) is 0 Å². The summed E-state index contributed by atoms with van der Waals surface area (Å²) in [7, 11) is -3.77. The number of hydrogen-bond donors (Lipinski definition) is 1. The average Bonchev–Trinajstić information content (AvgIpc) is 2.72. The zero-order valence-corrected chi connectivity index (χ0v) is 12.6. The second-order valence-electron chi connectivity index (χ2n) is 4.72. The van der Waals surface area contributed by atoms with Gasteiger partial charge in [0.15, 0.2) is 5.03 Å². The minimum atomic E-state index is -3.77. The number of sulfonamides is 1. The fraction of sp³-hybridized carbons (Fsp3) is 0.667. The Hall–Kier alpha value is -1.39. The Morgan fingerprint density at radius 3 is 2.63 bits per heavy atom. The molecule has 1 atom stereocenters. The molecular weight excluding hydrogens is 264 g/mol. The predicted octanol–water partition coefficient (Wildman–Crippen LogP) is 1.57. The van der Waals surface area contributed by atoms with Crippen LogP contribution in [-0.2, 0) is 16.6 Å². The van der Waals surface area contributed by atoms with Crippen LogP contribution in [-0.4, -0.2) is 23.5 Å². The Morgan fingerprint density at radius 1 is 1.53 bits per heavy atom. The molecule has 1 rings (SSSR count). The third-order valence-corrected chi connectivity index (χ3v) is 4.47. The van der Waals surface area contributed by atoms with E-state index in [1.54, 1.807) is 25.3 Å². The number of nitriles is 1. The summed E-state index contributed by atoms with van der Waals surface area (Å²) >= 11 is 0. The lowest BCUT2D eigenvalue weighted by molar-refractivity contribution is 0.493. The zero-order valence-electron chi connectivity index (χ0n) is 11.8. The van der Waals surface area contributed by atoms with Crippen molar-refractivity contribution in [2.45, 2.75) is 57.6 Å². The van der Waals surface area contributed by atoms with E-state index in [1.165, 1.54) is 6.20 Å². The molecule has 0 fully saturated rings. The summed E-state index contributed by atoms with van der Waals surface area (Å²) in [5.41, 5.74) is -1.11. The van der Waals surface area contributed by atoms with Gasteiger partial charge in [0.05, 0.1) is 6.07 Å². The van der Waals surface area contributed by atoms with E-state index in [2.05, 4.69) is 9.71 Å². The van der Waals surface area contributed by atoms with Crippen LogP contribution in [0.4, 0.5) is 0 Å². The summed E-state index contributed by atoms with van der Waals surface area (Å²) in [5, 5.41) is 9.00. The van der Waals surface area contributed by atoms with Gasteiger partial charge >= 0.3 is 0 Å². The second kappa shape index (κ2) is 5.72. The van der Waals surface area contributed by atoms with Crippen LogP contribution in [0.2, 0.25) is 0 Å². The fourth-order valence-electron chi connectivity index (χ4n) is 1.60. The van der Waals surface area contributed by atoms with Crippen molar-refractivity contribution >= 4 is 10.0 Å². The molecule has 6 nitrogen and oxygen atoms in total.